The number of nitrogens with two attached hydrogens (primary N) is 1. The van der Waals surface area contributed by atoms with Crippen molar-refractivity contribution in [1.82, 2.24) is 19.9 Å². The molecule has 0 unspecified atom stereocenters. The van der Waals surface area contributed by atoms with Gasteiger partial charge in [-0.2, -0.15) is 0 Å². The second-order valence-electron chi connectivity index (χ2n) is 6.82. The number of nitrogens with one attached hydrogen (secondary N) is 2. The van der Waals surface area contributed by atoms with E-state index in [1.54, 1.807) is 36.7 Å². The first-order valence-corrected chi connectivity index (χ1v) is 9.27. The Bertz CT molecular complexity index is 1190. The van der Waals surface area contributed by atoms with E-state index in [-0.39, 0.29) is 11.5 Å². The van der Waals surface area contributed by atoms with Crippen molar-refractivity contribution < 1.29 is 9.59 Å². The van der Waals surface area contributed by atoms with Gasteiger partial charge in [0.15, 0.2) is 5.82 Å². The molecule has 8 heteroatoms. The fraction of sp³-hybridized carbons (Fsp3) is 0.136. The maximum absolute atomic E-state index is 12.2. The van der Waals surface area contributed by atoms with Gasteiger partial charge in [0.1, 0.15) is 11.5 Å². The van der Waals surface area contributed by atoms with E-state index in [2.05, 4.69) is 38.4 Å². The van der Waals surface area contributed by atoms with Gasteiger partial charge in [-0.1, -0.05) is 45.2 Å². The number of rotatable bonds is 8. The molecule has 0 aliphatic carbocycles. The number of hydrogen-bond acceptors (Lipinski definition) is 6. The van der Waals surface area contributed by atoms with E-state index in [1.807, 2.05) is 13.8 Å². The van der Waals surface area contributed by atoms with E-state index in [1.165, 1.54) is 6.20 Å². The molecular weight excluding hydrogens is 380 g/mol. The number of ketones is 1. The Labute approximate surface area is 173 Å². The van der Waals surface area contributed by atoms with Crippen LogP contribution in [0.25, 0.3) is 16.6 Å². The molecule has 4 N–H and O–H groups in total. The lowest BCUT2D eigenvalue weighted by Gasteiger charge is -2.15. The molecule has 30 heavy (non-hydrogen) atoms. The minimum absolute atomic E-state index is 0.132. The molecular formula is C22H22N6O2. The third kappa shape index (κ3) is 3.88. The highest BCUT2D eigenvalue weighted by Gasteiger charge is 2.21. The van der Waals surface area contributed by atoms with Crippen molar-refractivity contribution in [3.8, 4) is 0 Å². The minimum Gasteiger partial charge on any atom is -0.363 e. The third-order valence-electron chi connectivity index (χ3n) is 4.51. The maximum Gasteiger partial charge on any atom is 0.289 e. The predicted molar refractivity (Wildman–Crippen MR) is 117 cm³/mol. The quantitative estimate of drug-likeness (QED) is 0.300. The molecule has 0 saturated carbocycles. The van der Waals surface area contributed by atoms with Crippen LogP contribution >= 0.6 is 0 Å². The highest BCUT2D eigenvalue weighted by atomic mass is 16.2. The van der Waals surface area contributed by atoms with Crippen molar-refractivity contribution in [2.24, 2.45) is 5.73 Å². The molecule has 0 radical (unpaired) electrons. The smallest absolute Gasteiger partial charge is 0.289 e. The Hall–Kier alpha value is -4.07. The van der Waals surface area contributed by atoms with Crippen LogP contribution in [0.5, 0.6) is 0 Å². The molecule has 0 saturated heterocycles. The molecule has 3 aromatic heterocycles. The van der Waals surface area contributed by atoms with Crippen LogP contribution in [0.15, 0.2) is 56.0 Å². The maximum atomic E-state index is 12.2. The number of amides is 1. The number of aromatic nitrogens is 4. The van der Waals surface area contributed by atoms with Gasteiger partial charge in [-0.15, -0.1) is 0 Å². The van der Waals surface area contributed by atoms with Crippen molar-refractivity contribution in [3.05, 3.63) is 73.0 Å². The SMILES string of the molecule is C=C/C=C(\C=C)c1ncc(C(C)C)c(Nc2ccnc3[nH]cc(C(=O)C(N)=O)c23)n1. The van der Waals surface area contributed by atoms with E-state index >= 15 is 0 Å². The summed E-state index contributed by atoms with van der Waals surface area (Å²) in [7, 11) is 0. The Morgan fingerprint density at radius 3 is 2.67 bits per heavy atom. The summed E-state index contributed by atoms with van der Waals surface area (Å²) >= 11 is 0. The zero-order valence-corrected chi connectivity index (χ0v) is 16.8. The molecule has 152 valence electrons. The van der Waals surface area contributed by atoms with Gasteiger partial charge in [0.05, 0.1) is 16.6 Å². The molecule has 0 aliphatic rings. The molecule has 1 amide bonds. The molecule has 0 fully saturated rings. The molecule has 0 aliphatic heterocycles. The highest BCUT2D eigenvalue weighted by Crippen LogP contribution is 2.31. The zero-order valence-electron chi connectivity index (χ0n) is 16.8. The standard InChI is InChI=1S/C22H22N6O2/c1-5-7-13(6-2)20-25-10-14(12(3)4)21(28-20)27-16-8-9-24-22-17(16)15(11-26-22)18(29)19(23)30/h5-12H,1-2H2,3-4H3,(H2,23,30)(H2,24,25,26,27,28)/b13-7+. The number of pyridine rings is 1. The number of anilines is 2. The van der Waals surface area contributed by atoms with Crippen LogP contribution < -0.4 is 11.1 Å². The summed E-state index contributed by atoms with van der Waals surface area (Å²) in [5, 5.41) is 3.74. The molecule has 8 nitrogen and oxygen atoms in total. The van der Waals surface area contributed by atoms with Gasteiger partial charge in [-0.05, 0) is 12.0 Å². The molecule has 3 aromatic rings. The van der Waals surface area contributed by atoms with Gasteiger partial charge in [0, 0.05) is 29.7 Å². The number of carbonyl (C=O) groups excluding carboxylic acids is 2. The Balaban J connectivity index is 2.17. The number of Topliss-reactive ketones (excluding diaryl/α,β-unsaturated/α-hetero) is 1. The van der Waals surface area contributed by atoms with Gasteiger partial charge in [0.2, 0.25) is 0 Å². The average Bonchev–Trinajstić information content (AvgIpc) is 3.16. The number of hydrogen-bond donors (Lipinski definition) is 3. The number of nitrogens with zero attached hydrogens (tertiary/aromatic N) is 3. The molecule has 0 aromatic carbocycles. The topological polar surface area (TPSA) is 127 Å². The van der Waals surface area contributed by atoms with E-state index in [0.717, 1.165) is 11.1 Å². The third-order valence-corrected chi connectivity index (χ3v) is 4.51. The van der Waals surface area contributed by atoms with Crippen LogP contribution in [0.4, 0.5) is 11.5 Å². The first-order chi connectivity index (χ1) is 14.4. The van der Waals surface area contributed by atoms with Gasteiger partial charge in [0.25, 0.3) is 11.7 Å². The van der Waals surface area contributed by atoms with Crippen molar-refractivity contribution in [1.29, 1.82) is 0 Å². The van der Waals surface area contributed by atoms with Crippen LogP contribution in [0.3, 0.4) is 0 Å². The van der Waals surface area contributed by atoms with Crippen LogP contribution in [0.2, 0.25) is 0 Å². The predicted octanol–water partition coefficient (Wildman–Crippen LogP) is 3.64. The summed E-state index contributed by atoms with van der Waals surface area (Å²) in [5.41, 5.74) is 7.94. The lowest BCUT2D eigenvalue weighted by atomic mass is 10.0. The second kappa shape index (κ2) is 8.52. The van der Waals surface area contributed by atoms with Crippen molar-refractivity contribution in [2.75, 3.05) is 5.32 Å². The minimum atomic E-state index is -1.04. The van der Waals surface area contributed by atoms with Crippen molar-refractivity contribution in [3.63, 3.8) is 0 Å². The normalized spacial score (nSPS) is 11.5. The highest BCUT2D eigenvalue weighted by molar-refractivity contribution is 6.44. The monoisotopic (exact) mass is 402 g/mol. The number of aromatic amines is 1. The number of fused-ring (bicyclic) bond motifs is 1. The Kier molecular flexibility index (Phi) is 5.87. The molecule has 0 bridgehead atoms. The van der Waals surface area contributed by atoms with Gasteiger partial charge >= 0.3 is 0 Å². The number of H-pyrrole nitrogens is 1. The first-order valence-electron chi connectivity index (χ1n) is 9.27. The summed E-state index contributed by atoms with van der Waals surface area (Å²) in [6, 6.07) is 1.70. The Morgan fingerprint density at radius 2 is 2.03 bits per heavy atom. The van der Waals surface area contributed by atoms with Gasteiger partial charge in [-0.25, -0.2) is 15.0 Å². The summed E-state index contributed by atoms with van der Waals surface area (Å²) in [6.45, 7) is 11.6. The summed E-state index contributed by atoms with van der Waals surface area (Å²) in [5.74, 6) is -0.661. The average molecular weight is 402 g/mol. The van der Waals surface area contributed by atoms with Crippen LogP contribution in [-0.4, -0.2) is 31.6 Å². The van der Waals surface area contributed by atoms with Crippen LogP contribution in [-0.2, 0) is 4.79 Å². The van der Waals surface area contributed by atoms with E-state index in [4.69, 9.17) is 5.73 Å². The van der Waals surface area contributed by atoms with Crippen molar-refractivity contribution in [2.45, 2.75) is 19.8 Å². The molecule has 0 spiro atoms. The first kappa shape index (κ1) is 20.7. The van der Waals surface area contributed by atoms with E-state index in [0.29, 0.717) is 28.4 Å². The van der Waals surface area contributed by atoms with Gasteiger partial charge in [-0.3, -0.25) is 9.59 Å². The molecule has 3 rings (SSSR count). The molecule has 0 atom stereocenters. The van der Waals surface area contributed by atoms with Crippen LogP contribution in [0.1, 0.15) is 41.5 Å². The van der Waals surface area contributed by atoms with Gasteiger partial charge < -0.3 is 16.0 Å². The number of carbonyl (C=O) groups is 2. The fourth-order valence-electron chi connectivity index (χ4n) is 3.01. The summed E-state index contributed by atoms with van der Waals surface area (Å²) in [4.78, 5) is 39.9. The lowest BCUT2D eigenvalue weighted by Crippen LogP contribution is -2.22. The largest absolute Gasteiger partial charge is 0.363 e. The summed E-state index contributed by atoms with van der Waals surface area (Å²) < 4.78 is 0. The zero-order chi connectivity index (χ0) is 21.8. The molecule has 3 heterocycles. The lowest BCUT2D eigenvalue weighted by molar-refractivity contribution is -0.114. The number of allylic oxidation sites excluding steroid dienone is 4. The van der Waals surface area contributed by atoms with Crippen molar-refractivity contribution >= 4 is 39.8 Å². The number of primary amides is 1. The van der Waals surface area contributed by atoms with Crippen LogP contribution in [0, 0.1) is 0 Å². The fourth-order valence-corrected chi connectivity index (χ4v) is 3.01. The van der Waals surface area contributed by atoms with E-state index in [9.17, 15) is 9.59 Å². The Morgan fingerprint density at radius 1 is 1.27 bits per heavy atom. The van der Waals surface area contributed by atoms with E-state index < -0.39 is 11.7 Å². The summed E-state index contributed by atoms with van der Waals surface area (Å²) in [6.07, 6.45) is 9.81. The second-order valence-corrected chi connectivity index (χ2v) is 6.82.